The minimum Gasteiger partial charge on any atom is -0.507 e. The predicted molar refractivity (Wildman–Crippen MR) is 71.0 cm³/mol. The highest BCUT2D eigenvalue weighted by Gasteiger charge is 2.32. The molecule has 18 heavy (non-hydrogen) atoms. The van der Waals surface area contributed by atoms with Crippen LogP contribution in [0.25, 0.3) is 0 Å². The Kier molecular flexibility index (Phi) is 4.53. The zero-order chi connectivity index (χ0) is 12.6. The van der Waals surface area contributed by atoms with E-state index in [0.717, 1.165) is 19.3 Å². The summed E-state index contributed by atoms with van der Waals surface area (Å²) in [6.07, 6.45) is 3.07. The van der Waals surface area contributed by atoms with Gasteiger partial charge in [-0.1, -0.05) is 6.42 Å². The van der Waals surface area contributed by atoms with Crippen LogP contribution in [-0.2, 0) is 0 Å². The van der Waals surface area contributed by atoms with Crippen LogP contribution in [0.3, 0.4) is 0 Å². The van der Waals surface area contributed by atoms with Crippen LogP contribution >= 0.6 is 12.4 Å². The van der Waals surface area contributed by atoms with E-state index in [2.05, 4.69) is 0 Å². The molecule has 0 spiro atoms. The molecule has 1 aliphatic carbocycles. The van der Waals surface area contributed by atoms with Crippen LogP contribution in [0, 0.1) is 23.0 Å². The molecule has 6 heteroatoms. The van der Waals surface area contributed by atoms with E-state index in [0.29, 0.717) is 11.1 Å². The number of aromatic hydroxyl groups is 1. The number of aryl methyl sites for hydroxylation is 1. The second-order valence-corrected chi connectivity index (χ2v) is 4.64. The second kappa shape index (κ2) is 5.54. The number of benzene rings is 1. The topological polar surface area (TPSA) is 89.4 Å². The van der Waals surface area contributed by atoms with Crippen LogP contribution in [0.1, 0.15) is 36.4 Å². The number of hydrogen-bond donors (Lipinski definition) is 2. The molecule has 1 aliphatic rings. The fraction of sp³-hybridized carbons (Fsp3) is 0.500. The zero-order valence-electron chi connectivity index (χ0n) is 10.1. The SMILES string of the molecule is Cc1ccc([N+](=O)[O-])c([C@H](N)C2CCC2)c1O.Cl. The molecule has 1 fully saturated rings. The van der Waals surface area contributed by atoms with E-state index >= 15 is 0 Å². The molecular formula is C12H17ClN2O3. The van der Waals surface area contributed by atoms with Gasteiger partial charge in [0, 0.05) is 12.1 Å². The first kappa shape index (κ1) is 14.7. The Morgan fingerprint density at radius 1 is 1.50 bits per heavy atom. The Hall–Kier alpha value is -1.33. The van der Waals surface area contributed by atoms with Crippen molar-refractivity contribution in [1.29, 1.82) is 0 Å². The summed E-state index contributed by atoms with van der Waals surface area (Å²) in [7, 11) is 0. The maximum absolute atomic E-state index is 11.0. The molecule has 0 bridgehead atoms. The molecule has 1 saturated carbocycles. The Morgan fingerprint density at radius 2 is 2.11 bits per heavy atom. The van der Waals surface area contributed by atoms with Crippen molar-refractivity contribution in [3.05, 3.63) is 33.4 Å². The van der Waals surface area contributed by atoms with E-state index < -0.39 is 11.0 Å². The summed E-state index contributed by atoms with van der Waals surface area (Å²) in [6.45, 7) is 1.72. The van der Waals surface area contributed by atoms with Gasteiger partial charge in [-0.25, -0.2) is 0 Å². The fourth-order valence-corrected chi connectivity index (χ4v) is 2.23. The average molecular weight is 273 g/mol. The highest BCUT2D eigenvalue weighted by Crippen LogP contribution is 2.43. The number of rotatable bonds is 3. The van der Waals surface area contributed by atoms with Crippen LogP contribution in [0.5, 0.6) is 5.75 Å². The lowest BCUT2D eigenvalue weighted by molar-refractivity contribution is -0.385. The van der Waals surface area contributed by atoms with Crippen molar-refractivity contribution in [2.24, 2.45) is 11.7 Å². The monoisotopic (exact) mass is 272 g/mol. The maximum Gasteiger partial charge on any atom is 0.277 e. The second-order valence-electron chi connectivity index (χ2n) is 4.64. The summed E-state index contributed by atoms with van der Waals surface area (Å²) in [6, 6.07) is 2.52. The third-order valence-electron chi connectivity index (χ3n) is 3.58. The first-order valence-electron chi connectivity index (χ1n) is 5.74. The minimum atomic E-state index is -0.479. The van der Waals surface area contributed by atoms with E-state index in [1.807, 2.05) is 0 Å². The van der Waals surface area contributed by atoms with Gasteiger partial charge in [-0.2, -0.15) is 0 Å². The molecule has 0 saturated heterocycles. The van der Waals surface area contributed by atoms with Crippen molar-refractivity contribution in [3.8, 4) is 5.75 Å². The normalized spacial score (nSPS) is 16.6. The first-order valence-corrected chi connectivity index (χ1v) is 5.74. The van der Waals surface area contributed by atoms with Crippen molar-refractivity contribution in [2.45, 2.75) is 32.2 Å². The number of nitrogens with zero attached hydrogens (tertiary/aromatic N) is 1. The summed E-state index contributed by atoms with van der Waals surface area (Å²) in [5, 5.41) is 20.9. The minimum absolute atomic E-state index is 0. The first-order chi connectivity index (χ1) is 8.02. The van der Waals surface area contributed by atoms with Crippen LogP contribution in [-0.4, -0.2) is 10.0 Å². The standard InChI is InChI=1S/C12H16N2O3.ClH/c1-7-5-6-9(14(16)17)10(12(7)15)11(13)8-3-2-4-8;/h5-6,8,11,15H,2-4,13H2,1H3;1H/t11-;/m1./s1. The Bertz CT molecular complexity index is 461. The van der Waals surface area contributed by atoms with Crippen molar-refractivity contribution < 1.29 is 10.0 Å². The van der Waals surface area contributed by atoms with Gasteiger partial charge < -0.3 is 10.8 Å². The van der Waals surface area contributed by atoms with Crippen molar-refractivity contribution >= 4 is 18.1 Å². The summed E-state index contributed by atoms with van der Waals surface area (Å²) in [5.74, 6) is 0.222. The Labute approximate surface area is 112 Å². The number of hydrogen-bond acceptors (Lipinski definition) is 4. The Morgan fingerprint density at radius 3 is 2.56 bits per heavy atom. The molecule has 0 aromatic heterocycles. The number of phenols is 1. The van der Waals surface area contributed by atoms with Crippen LogP contribution in [0.4, 0.5) is 5.69 Å². The van der Waals surface area contributed by atoms with Gasteiger partial charge in [0.1, 0.15) is 5.75 Å². The van der Waals surface area contributed by atoms with Gasteiger partial charge in [-0.15, -0.1) is 12.4 Å². The van der Waals surface area contributed by atoms with E-state index in [-0.39, 0.29) is 29.8 Å². The quantitative estimate of drug-likeness (QED) is 0.654. The van der Waals surface area contributed by atoms with Gasteiger partial charge in [0.05, 0.1) is 10.5 Å². The molecule has 0 radical (unpaired) electrons. The highest BCUT2D eigenvalue weighted by atomic mass is 35.5. The van der Waals surface area contributed by atoms with Gasteiger partial charge >= 0.3 is 0 Å². The van der Waals surface area contributed by atoms with Crippen molar-refractivity contribution in [2.75, 3.05) is 0 Å². The number of nitro benzene ring substituents is 1. The van der Waals surface area contributed by atoms with Crippen molar-refractivity contribution in [3.63, 3.8) is 0 Å². The summed E-state index contributed by atoms with van der Waals surface area (Å²) in [5.41, 5.74) is 6.88. The van der Waals surface area contributed by atoms with Gasteiger partial charge in [0.15, 0.2) is 0 Å². The number of nitrogens with two attached hydrogens (primary N) is 1. The van der Waals surface area contributed by atoms with E-state index in [9.17, 15) is 15.2 Å². The molecule has 1 aromatic rings. The molecule has 3 N–H and O–H groups in total. The summed E-state index contributed by atoms with van der Waals surface area (Å²) in [4.78, 5) is 10.5. The maximum atomic E-state index is 11.0. The van der Waals surface area contributed by atoms with Gasteiger partial charge in [-0.05, 0) is 37.3 Å². The van der Waals surface area contributed by atoms with Crippen LogP contribution < -0.4 is 5.73 Å². The Balaban J connectivity index is 0.00000162. The molecule has 1 aromatic carbocycles. The zero-order valence-corrected chi connectivity index (χ0v) is 10.9. The third kappa shape index (κ3) is 2.42. The van der Waals surface area contributed by atoms with Crippen molar-refractivity contribution in [1.82, 2.24) is 0 Å². The van der Waals surface area contributed by atoms with Crippen LogP contribution in [0.2, 0.25) is 0 Å². The number of nitro groups is 1. The van der Waals surface area contributed by atoms with Crippen LogP contribution in [0.15, 0.2) is 12.1 Å². The van der Waals surface area contributed by atoms with E-state index in [4.69, 9.17) is 5.73 Å². The molecule has 0 unspecified atom stereocenters. The third-order valence-corrected chi connectivity index (χ3v) is 3.58. The number of phenolic OH excluding ortho intramolecular Hbond substituents is 1. The fourth-order valence-electron chi connectivity index (χ4n) is 2.23. The molecular weight excluding hydrogens is 256 g/mol. The molecule has 1 atom stereocenters. The molecule has 5 nitrogen and oxygen atoms in total. The summed E-state index contributed by atoms with van der Waals surface area (Å²) < 4.78 is 0. The largest absolute Gasteiger partial charge is 0.507 e. The number of halogens is 1. The molecule has 0 aliphatic heterocycles. The smallest absolute Gasteiger partial charge is 0.277 e. The van der Waals surface area contributed by atoms with Gasteiger partial charge in [0.2, 0.25) is 0 Å². The lowest BCUT2D eigenvalue weighted by Gasteiger charge is -2.31. The van der Waals surface area contributed by atoms with Gasteiger partial charge in [0.25, 0.3) is 5.69 Å². The molecule has 0 amide bonds. The van der Waals surface area contributed by atoms with E-state index in [1.165, 1.54) is 6.07 Å². The predicted octanol–water partition coefficient (Wildman–Crippen LogP) is 2.83. The summed E-state index contributed by atoms with van der Waals surface area (Å²) >= 11 is 0. The van der Waals surface area contributed by atoms with Gasteiger partial charge in [-0.3, -0.25) is 10.1 Å². The molecule has 2 rings (SSSR count). The average Bonchev–Trinajstić information content (AvgIpc) is 2.18. The van der Waals surface area contributed by atoms with E-state index in [1.54, 1.807) is 13.0 Å². The molecule has 0 heterocycles. The lowest BCUT2D eigenvalue weighted by Crippen LogP contribution is -2.27. The lowest BCUT2D eigenvalue weighted by atomic mass is 9.77. The highest BCUT2D eigenvalue weighted by molar-refractivity contribution is 5.85. The molecule has 100 valence electrons.